The van der Waals surface area contributed by atoms with Gasteiger partial charge in [0.15, 0.2) is 11.6 Å². The number of aromatic hydroxyl groups is 1. The third-order valence-electron chi connectivity index (χ3n) is 3.60. The van der Waals surface area contributed by atoms with Gasteiger partial charge in [-0.1, -0.05) is 11.6 Å². The molecular formula is C12H15BClFO3. The molecule has 0 aromatic heterocycles. The number of hydrogen-bond donors (Lipinski definition) is 1. The van der Waals surface area contributed by atoms with Gasteiger partial charge < -0.3 is 14.4 Å². The summed E-state index contributed by atoms with van der Waals surface area (Å²) in [5.74, 6) is -1.27. The number of phenolic OH excluding ortho intramolecular Hbond substituents is 1. The fraction of sp³-hybridized carbons (Fsp3) is 0.500. The van der Waals surface area contributed by atoms with Crippen molar-refractivity contribution in [1.82, 2.24) is 0 Å². The average molecular weight is 273 g/mol. The van der Waals surface area contributed by atoms with Gasteiger partial charge in [0.2, 0.25) is 0 Å². The molecule has 0 bridgehead atoms. The fourth-order valence-corrected chi connectivity index (χ4v) is 1.97. The van der Waals surface area contributed by atoms with Crippen LogP contribution in [-0.4, -0.2) is 23.4 Å². The van der Waals surface area contributed by atoms with Crippen molar-refractivity contribution >= 4 is 24.2 Å². The van der Waals surface area contributed by atoms with Crippen LogP contribution >= 0.6 is 11.6 Å². The number of hydrogen-bond acceptors (Lipinski definition) is 3. The molecule has 0 aliphatic carbocycles. The quantitative estimate of drug-likeness (QED) is 0.798. The van der Waals surface area contributed by atoms with Crippen LogP contribution in [-0.2, 0) is 9.31 Å². The maximum absolute atomic E-state index is 13.9. The Morgan fingerprint density at radius 3 is 2.17 bits per heavy atom. The van der Waals surface area contributed by atoms with E-state index in [1.54, 1.807) is 0 Å². The van der Waals surface area contributed by atoms with Gasteiger partial charge in [-0.15, -0.1) is 0 Å². The first kappa shape index (κ1) is 13.7. The van der Waals surface area contributed by atoms with Gasteiger partial charge in [0, 0.05) is 10.5 Å². The van der Waals surface area contributed by atoms with E-state index in [-0.39, 0.29) is 10.5 Å². The lowest BCUT2D eigenvalue weighted by atomic mass is 9.78. The molecule has 6 heteroatoms. The second-order valence-electron chi connectivity index (χ2n) is 5.38. The number of benzene rings is 1. The Kier molecular flexibility index (Phi) is 3.12. The second-order valence-corrected chi connectivity index (χ2v) is 5.79. The molecule has 2 rings (SSSR count). The highest BCUT2D eigenvalue weighted by Gasteiger charge is 2.53. The Balaban J connectivity index is 2.44. The predicted molar refractivity (Wildman–Crippen MR) is 68.8 cm³/mol. The minimum absolute atomic E-state index is 0.0373. The zero-order chi connectivity index (χ0) is 13.7. The summed E-state index contributed by atoms with van der Waals surface area (Å²) in [7, 11) is -0.922. The predicted octanol–water partition coefficient (Wildman–Crippen LogP) is 2.48. The molecule has 1 N–H and O–H groups in total. The second kappa shape index (κ2) is 4.12. The number of phenols is 1. The zero-order valence-corrected chi connectivity index (χ0v) is 11.5. The van der Waals surface area contributed by atoms with Crippen molar-refractivity contribution in [2.75, 3.05) is 0 Å². The summed E-state index contributed by atoms with van der Waals surface area (Å²) in [6.45, 7) is 7.45. The molecule has 0 unspecified atom stereocenters. The monoisotopic (exact) mass is 272 g/mol. The molecule has 0 spiro atoms. The van der Waals surface area contributed by atoms with Gasteiger partial charge in [-0.25, -0.2) is 4.39 Å². The van der Waals surface area contributed by atoms with E-state index in [2.05, 4.69) is 0 Å². The topological polar surface area (TPSA) is 38.7 Å². The van der Waals surface area contributed by atoms with Crippen molar-refractivity contribution in [2.45, 2.75) is 38.9 Å². The zero-order valence-electron chi connectivity index (χ0n) is 10.8. The van der Waals surface area contributed by atoms with Crippen molar-refractivity contribution in [1.29, 1.82) is 0 Å². The highest BCUT2D eigenvalue weighted by molar-refractivity contribution is 6.65. The third kappa shape index (κ3) is 2.00. The van der Waals surface area contributed by atoms with Gasteiger partial charge in [-0.2, -0.15) is 0 Å². The summed E-state index contributed by atoms with van der Waals surface area (Å²) in [6, 6.07) is 2.62. The molecule has 0 radical (unpaired) electrons. The summed E-state index contributed by atoms with van der Waals surface area (Å²) in [5.41, 5.74) is -1.13. The van der Waals surface area contributed by atoms with E-state index in [4.69, 9.17) is 20.9 Å². The van der Waals surface area contributed by atoms with Crippen molar-refractivity contribution in [2.24, 2.45) is 0 Å². The molecule has 0 amide bonds. The Labute approximate surface area is 111 Å². The van der Waals surface area contributed by atoms with Crippen LogP contribution in [0.15, 0.2) is 12.1 Å². The van der Waals surface area contributed by atoms with Crippen molar-refractivity contribution in [3.05, 3.63) is 23.0 Å². The normalized spacial score (nSPS) is 21.3. The maximum atomic E-state index is 13.9. The van der Waals surface area contributed by atoms with E-state index >= 15 is 0 Å². The molecule has 18 heavy (non-hydrogen) atoms. The van der Waals surface area contributed by atoms with Crippen molar-refractivity contribution < 1.29 is 18.8 Å². The van der Waals surface area contributed by atoms with Crippen LogP contribution in [0.4, 0.5) is 4.39 Å². The molecule has 1 aromatic carbocycles. The van der Waals surface area contributed by atoms with Gasteiger partial charge in [0.05, 0.1) is 11.2 Å². The molecule has 1 aliphatic heterocycles. The molecule has 1 aliphatic rings. The first-order chi connectivity index (χ1) is 8.16. The first-order valence-electron chi connectivity index (χ1n) is 5.68. The van der Waals surface area contributed by atoms with Crippen LogP contribution in [0, 0.1) is 5.82 Å². The van der Waals surface area contributed by atoms with Crippen molar-refractivity contribution in [3.63, 3.8) is 0 Å². The standard InChI is InChI=1S/C12H15BClFO3/c1-11(2)12(3,4)18-13(17-11)9-7(14)5-6-8(16)10(9)15/h5-6,16H,1-4H3. The molecule has 1 aromatic rings. The summed E-state index contributed by atoms with van der Waals surface area (Å²) >= 11 is 5.96. The first-order valence-corrected chi connectivity index (χ1v) is 6.06. The molecule has 3 nitrogen and oxygen atoms in total. The van der Waals surface area contributed by atoms with E-state index in [1.807, 2.05) is 27.7 Å². The maximum Gasteiger partial charge on any atom is 0.499 e. The molecule has 0 saturated carbocycles. The lowest BCUT2D eigenvalue weighted by Crippen LogP contribution is -2.41. The minimum Gasteiger partial charge on any atom is -0.505 e. The van der Waals surface area contributed by atoms with E-state index < -0.39 is 29.9 Å². The summed E-state index contributed by atoms with van der Waals surface area (Å²) in [6.07, 6.45) is 0. The number of rotatable bonds is 1. The van der Waals surface area contributed by atoms with Crippen LogP contribution in [0.5, 0.6) is 5.75 Å². The van der Waals surface area contributed by atoms with E-state index in [0.717, 1.165) is 0 Å². The lowest BCUT2D eigenvalue weighted by Gasteiger charge is -2.32. The van der Waals surface area contributed by atoms with Crippen LogP contribution in [0.3, 0.4) is 0 Å². The lowest BCUT2D eigenvalue weighted by molar-refractivity contribution is 0.00578. The van der Waals surface area contributed by atoms with Gasteiger partial charge in [-0.05, 0) is 39.8 Å². The SMILES string of the molecule is CC1(C)OB(c2c(Cl)ccc(O)c2F)OC1(C)C. The summed E-state index contributed by atoms with van der Waals surface area (Å²) in [4.78, 5) is 0. The van der Waals surface area contributed by atoms with Gasteiger partial charge in [0.25, 0.3) is 0 Å². The largest absolute Gasteiger partial charge is 0.505 e. The smallest absolute Gasteiger partial charge is 0.499 e. The van der Waals surface area contributed by atoms with Gasteiger partial charge in [-0.3, -0.25) is 0 Å². The van der Waals surface area contributed by atoms with E-state index in [1.165, 1.54) is 12.1 Å². The minimum atomic E-state index is -0.922. The molecular weight excluding hydrogens is 257 g/mol. The Morgan fingerprint density at radius 2 is 1.67 bits per heavy atom. The summed E-state index contributed by atoms with van der Waals surface area (Å²) < 4.78 is 25.3. The highest BCUT2D eigenvalue weighted by Crippen LogP contribution is 2.37. The Morgan fingerprint density at radius 1 is 1.17 bits per heavy atom. The fourth-order valence-electron chi connectivity index (χ4n) is 1.73. The van der Waals surface area contributed by atoms with E-state index in [9.17, 15) is 9.50 Å². The number of halogens is 2. The van der Waals surface area contributed by atoms with Crippen LogP contribution in [0.1, 0.15) is 27.7 Å². The molecule has 1 fully saturated rings. The van der Waals surface area contributed by atoms with Gasteiger partial charge >= 0.3 is 7.12 Å². The highest BCUT2D eigenvalue weighted by atomic mass is 35.5. The molecule has 0 atom stereocenters. The molecule has 1 heterocycles. The van der Waals surface area contributed by atoms with Crippen LogP contribution in [0.2, 0.25) is 5.02 Å². The Bertz CT molecular complexity index is 474. The van der Waals surface area contributed by atoms with Crippen LogP contribution < -0.4 is 5.46 Å². The Hall–Kier alpha value is -0.775. The van der Waals surface area contributed by atoms with Crippen molar-refractivity contribution in [3.8, 4) is 5.75 Å². The van der Waals surface area contributed by atoms with Crippen LogP contribution in [0.25, 0.3) is 0 Å². The molecule has 98 valence electrons. The average Bonchev–Trinajstić information content (AvgIpc) is 2.43. The van der Waals surface area contributed by atoms with E-state index in [0.29, 0.717) is 0 Å². The third-order valence-corrected chi connectivity index (χ3v) is 3.92. The summed E-state index contributed by atoms with van der Waals surface area (Å²) in [5, 5.41) is 9.57. The van der Waals surface area contributed by atoms with Gasteiger partial charge in [0.1, 0.15) is 0 Å². The molecule has 1 saturated heterocycles.